The van der Waals surface area contributed by atoms with E-state index in [2.05, 4.69) is 11.3 Å². The number of nitrogens with zero attached hydrogens (tertiary/aromatic N) is 2. The highest BCUT2D eigenvalue weighted by Gasteiger charge is 2.28. The van der Waals surface area contributed by atoms with Crippen LogP contribution in [0.1, 0.15) is 12.0 Å². The van der Waals surface area contributed by atoms with Crippen LogP contribution in [0.3, 0.4) is 0 Å². The number of nitrogens with one attached hydrogen (secondary N) is 1. The van der Waals surface area contributed by atoms with E-state index < -0.39 is 33.3 Å². The number of hydrogen-bond donors (Lipinski definition) is 1. The molecule has 5 aromatic rings. The van der Waals surface area contributed by atoms with Crippen molar-refractivity contribution in [3.8, 4) is 11.5 Å². The number of fused-ring (bicyclic) bond motifs is 1. The van der Waals surface area contributed by atoms with Crippen LogP contribution < -0.4 is 20.7 Å². The van der Waals surface area contributed by atoms with Gasteiger partial charge in [0.25, 0.3) is 5.56 Å². The fraction of sp³-hybridized carbons (Fsp3) is 0.171. The molecule has 0 bridgehead atoms. The zero-order valence-electron chi connectivity index (χ0n) is 25.4. The summed E-state index contributed by atoms with van der Waals surface area (Å²) in [7, 11) is -4.25. The van der Waals surface area contributed by atoms with Crippen molar-refractivity contribution in [2.75, 3.05) is 6.61 Å². The molecule has 47 heavy (non-hydrogen) atoms. The van der Waals surface area contributed by atoms with E-state index in [0.717, 1.165) is 10.1 Å². The van der Waals surface area contributed by atoms with Gasteiger partial charge in [0.05, 0.1) is 22.4 Å². The van der Waals surface area contributed by atoms with Crippen LogP contribution in [0, 0.1) is 0 Å². The second-order valence-electron chi connectivity index (χ2n) is 10.4. The molecule has 0 saturated heterocycles. The molecule has 0 radical (unpaired) electrons. The number of sulfonamides is 1. The van der Waals surface area contributed by atoms with Crippen LogP contribution >= 0.6 is 0 Å². The molecule has 0 aliphatic rings. The molecule has 5 rings (SSSR count). The van der Waals surface area contributed by atoms with E-state index in [1.807, 2.05) is 48.5 Å². The predicted octanol–water partition coefficient (Wildman–Crippen LogP) is 4.60. The summed E-state index contributed by atoms with van der Waals surface area (Å²) >= 11 is 0. The highest BCUT2D eigenvalue weighted by atomic mass is 32.2. The number of carbonyl (C=O) groups excluding carboxylic acids is 1. The minimum atomic E-state index is -4.25. The van der Waals surface area contributed by atoms with Gasteiger partial charge < -0.3 is 14.2 Å². The predicted molar refractivity (Wildman–Crippen MR) is 177 cm³/mol. The Hall–Kier alpha value is -5.30. The lowest BCUT2D eigenvalue weighted by Crippen LogP contribution is -2.45. The Morgan fingerprint density at radius 1 is 0.830 bits per heavy atom. The molecule has 0 aliphatic heterocycles. The highest BCUT2D eigenvalue weighted by Crippen LogP contribution is 2.23. The molecule has 242 valence electrons. The number of carbonyl (C=O) groups is 1. The van der Waals surface area contributed by atoms with E-state index in [1.54, 1.807) is 36.4 Å². The third kappa shape index (κ3) is 8.30. The molecule has 12 heteroatoms. The van der Waals surface area contributed by atoms with Crippen LogP contribution in [-0.2, 0) is 44.2 Å². The van der Waals surface area contributed by atoms with Crippen LogP contribution in [-0.4, -0.2) is 36.2 Å². The van der Waals surface area contributed by atoms with Crippen molar-refractivity contribution in [3.63, 3.8) is 0 Å². The van der Waals surface area contributed by atoms with E-state index >= 15 is 0 Å². The molecule has 0 amide bonds. The van der Waals surface area contributed by atoms with Gasteiger partial charge in [-0.15, -0.1) is 0 Å². The topological polar surface area (TPSA) is 135 Å². The van der Waals surface area contributed by atoms with Crippen LogP contribution in [0.5, 0.6) is 11.5 Å². The van der Waals surface area contributed by atoms with E-state index in [4.69, 9.17) is 14.2 Å². The summed E-state index contributed by atoms with van der Waals surface area (Å²) in [6, 6.07) is 29.3. The van der Waals surface area contributed by atoms with Gasteiger partial charge in [-0.05, 0) is 60.5 Å². The third-order valence-corrected chi connectivity index (χ3v) is 8.63. The Bertz CT molecular complexity index is 2060. The minimum absolute atomic E-state index is 0.125. The van der Waals surface area contributed by atoms with Gasteiger partial charge in [0.15, 0.2) is 0 Å². The van der Waals surface area contributed by atoms with Crippen molar-refractivity contribution >= 4 is 26.9 Å². The van der Waals surface area contributed by atoms with Gasteiger partial charge in [-0.3, -0.25) is 18.7 Å². The number of benzene rings is 4. The molecule has 0 saturated carbocycles. The summed E-state index contributed by atoms with van der Waals surface area (Å²) in [5.41, 5.74) is 0.0376. The van der Waals surface area contributed by atoms with Gasteiger partial charge in [-0.25, -0.2) is 13.2 Å². The largest absolute Gasteiger partial charge is 0.460 e. The molecule has 0 fully saturated rings. The second-order valence-corrected chi connectivity index (χ2v) is 12.1. The lowest BCUT2D eigenvalue weighted by Gasteiger charge is -2.19. The average molecular weight is 656 g/mol. The Morgan fingerprint density at radius 3 is 2.17 bits per heavy atom. The molecule has 1 aromatic heterocycles. The highest BCUT2D eigenvalue weighted by molar-refractivity contribution is 7.89. The molecule has 1 heterocycles. The number of ether oxygens (including phenoxy) is 3. The van der Waals surface area contributed by atoms with Crippen molar-refractivity contribution in [2.45, 2.75) is 37.2 Å². The molecule has 0 spiro atoms. The van der Waals surface area contributed by atoms with Crippen molar-refractivity contribution in [1.29, 1.82) is 0 Å². The SMILES string of the molecule is C=CCOC(=O)C(CCn1c(=O)c2ccccc2n(COCc2ccccc2)c1=O)NS(=O)(=O)c1ccc(Oc2ccccc2)cc1. The van der Waals surface area contributed by atoms with E-state index in [0.29, 0.717) is 17.0 Å². The second kappa shape index (κ2) is 15.3. The maximum absolute atomic E-state index is 13.6. The smallest absolute Gasteiger partial charge is 0.333 e. The lowest BCUT2D eigenvalue weighted by atomic mass is 10.2. The van der Waals surface area contributed by atoms with Crippen molar-refractivity contribution in [1.82, 2.24) is 13.9 Å². The number of rotatable bonds is 15. The maximum atomic E-state index is 13.6. The molecular weight excluding hydrogens is 622 g/mol. The first-order valence-corrected chi connectivity index (χ1v) is 16.2. The Kier molecular flexibility index (Phi) is 10.8. The normalized spacial score (nSPS) is 12.0. The monoisotopic (exact) mass is 655 g/mol. The molecule has 1 N–H and O–H groups in total. The van der Waals surface area contributed by atoms with Gasteiger partial charge in [-0.2, -0.15) is 4.72 Å². The Balaban J connectivity index is 1.37. The van der Waals surface area contributed by atoms with Gasteiger partial charge in [0.2, 0.25) is 10.0 Å². The number of esters is 1. The zero-order valence-corrected chi connectivity index (χ0v) is 26.2. The maximum Gasteiger partial charge on any atom is 0.333 e. The van der Waals surface area contributed by atoms with E-state index in [9.17, 15) is 22.8 Å². The van der Waals surface area contributed by atoms with Gasteiger partial charge in [-0.1, -0.05) is 73.3 Å². The molecule has 11 nitrogen and oxygen atoms in total. The molecular formula is C35H33N3O8S. The summed E-state index contributed by atoms with van der Waals surface area (Å²) in [4.78, 5) is 40.0. The summed E-state index contributed by atoms with van der Waals surface area (Å²) in [5, 5.41) is 0.264. The van der Waals surface area contributed by atoms with Crippen molar-refractivity contribution in [3.05, 3.63) is 148 Å². The van der Waals surface area contributed by atoms with E-state index in [-0.39, 0.29) is 43.2 Å². The summed E-state index contributed by atoms with van der Waals surface area (Å²) in [5.74, 6) is 0.103. The number of para-hydroxylation sites is 2. The fourth-order valence-electron chi connectivity index (χ4n) is 4.81. The molecule has 1 unspecified atom stereocenters. The minimum Gasteiger partial charge on any atom is -0.460 e. The first kappa shape index (κ1) is 33.1. The van der Waals surface area contributed by atoms with Crippen molar-refractivity contribution in [2.24, 2.45) is 0 Å². The summed E-state index contributed by atoms with van der Waals surface area (Å²) in [6.45, 7) is 3.16. The van der Waals surface area contributed by atoms with Gasteiger partial charge in [0.1, 0.15) is 30.9 Å². The first-order chi connectivity index (χ1) is 22.8. The summed E-state index contributed by atoms with van der Waals surface area (Å²) < 4.78 is 48.1. The standard InChI is InChI=1S/C35H33N3O8S/c1-2-23-45-34(40)31(36-47(42,43)29-19-17-28(18-20-29)46-27-13-7-4-8-14-27)21-22-37-33(39)30-15-9-10-16-32(30)38(35(37)41)25-44-24-26-11-5-3-6-12-26/h2-20,31,36H,1,21-25H2. The van der Waals surface area contributed by atoms with Crippen LogP contribution in [0.15, 0.2) is 136 Å². The molecule has 0 aliphatic carbocycles. The number of aromatic nitrogens is 2. The summed E-state index contributed by atoms with van der Waals surface area (Å²) in [6.07, 6.45) is 1.08. The first-order valence-electron chi connectivity index (χ1n) is 14.7. The average Bonchev–Trinajstić information content (AvgIpc) is 3.09. The van der Waals surface area contributed by atoms with Crippen LogP contribution in [0.2, 0.25) is 0 Å². The Morgan fingerprint density at radius 2 is 1.47 bits per heavy atom. The fourth-order valence-corrected chi connectivity index (χ4v) is 6.03. The van der Waals surface area contributed by atoms with Crippen LogP contribution in [0.25, 0.3) is 10.9 Å². The zero-order chi connectivity index (χ0) is 33.2. The molecule has 1 atom stereocenters. The Labute approximate surface area is 271 Å². The van der Waals surface area contributed by atoms with Crippen LogP contribution in [0.4, 0.5) is 0 Å². The molecule has 4 aromatic carbocycles. The lowest BCUT2D eigenvalue weighted by molar-refractivity contribution is -0.144. The third-order valence-electron chi connectivity index (χ3n) is 7.14. The van der Waals surface area contributed by atoms with E-state index in [1.165, 1.54) is 34.9 Å². The van der Waals surface area contributed by atoms with Gasteiger partial charge in [0, 0.05) is 6.54 Å². The number of hydrogen-bond acceptors (Lipinski definition) is 8. The van der Waals surface area contributed by atoms with Crippen molar-refractivity contribution < 1.29 is 27.4 Å². The quantitative estimate of drug-likeness (QED) is 0.128. The van der Waals surface area contributed by atoms with Gasteiger partial charge >= 0.3 is 11.7 Å².